The normalized spacial score (nSPS) is 11.8. The van der Waals surface area contributed by atoms with E-state index < -0.39 is 35.4 Å². The molecule has 2 aromatic heterocycles. The molecule has 0 radical (unpaired) electrons. The van der Waals surface area contributed by atoms with E-state index in [1.54, 1.807) is 24.3 Å². The van der Waals surface area contributed by atoms with E-state index in [0.717, 1.165) is 10.8 Å². The van der Waals surface area contributed by atoms with Crippen LogP contribution in [0.2, 0.25) is 5.02 Å². The van der Waals surface area contributed by atoms with E-state index in [2.05, 4.69) is 0 Å². The molecule has 4 nitrogen and oxygen atoms in total. The smallest absolute Gasteiger partial charge is 0.365 e. The van der Waals surface area contributed by atoms with E-state index in [9.17, 15) is 22.8 Å². The maximum Gasteiger partial charge on any atom is 0.431 e. The Hall–Kier alpha value is -2.32. The van der Waals surface area contributed by atoms with E-state index in [-0.39, 0.29) is 5.02 Å². The highest BCUT2D eigenvalue weighted by Gasteiger charge is 2.35. The second-order valence-electron chi connectivity index (χ2n) is 5.22. The summed E-state index contributed by atoms with van der Waals surface area (Å²) in [4.78, 5) is 24.0. The van der Waals surface area contributed by atoms with E-state index >= 15 is 0 Å². The molecule has 3 rings (SSSR count). The fourth-order valence-electron chi connectivity index (χ4n) is 2.48. The molecule has 25 heavy (non-hydrogen) atoms. The average Bonchev–Trinajstić information content (AvgIpc) is 2.84. The largest absolute Gasteiger partial charge is 0.431 e. The van der Waals surface area contributed by atoms with Crippen molar-refractivity contribution < 1.29 is 18.0 Å². The summed E-state index contributed by atoms with van der Waals surface area (Å²) in [5.74, 6) is -1.09. The number of benzene rings is 1. The zero-order valence-electron chi connectivity index (χ0n) is 12.4. The number of fused-ring (bicyclic) bond motifs is 1. The summed E-state index contributed by atoms with van der Waals surface area (Å²) < 4.78 is 41.1. The lowest BCUT2D eigenvalue weighted by Crippen LogP contribution is -2.34. The van der Waals surface area contributed by atoms with Crippen molar-refractivity contribution in [3.63, 3.8) is 0 Å². The van der Waals surface area contributed by atoms with Crippen LogP contribution in [0.4, 0.5) is 13.2 Å². The fraction of sp³-hybridized carbons (Fsp3) is 0.125. The van der Waals surface area contributed by atoms with Crippen molar-refractivity contribution in [1.29, 1.82) is 0 Å². The van der Waals surface area contributed by atoms with Crippen LogP contribution in [0.5, 0.6) is 0 Å². The molecule has 0 bridgehead atoms. The van der Waals surface area contributed by atoms with Gasteiger partial charge in [0.25, 0.3) is 11.5 Å². The summed E-state index contributed by atoms with van der Waals surface area (Å²) in [5.41, 5.74) is 2.29. The molecule has 1 aromatic carbocycles. The summed E-state index contributed by atoms with van der Waals surface area (Å²) >= 11 is 7.44. The van der Waals surface area contributed by atoms with E-state index in [4.69, 9.17) is 17.3 Å². The van der Waals surface area contributed by atoms with Crippen molar-refractivity contribution >= 4 is 38.9 Å². The third-order valence-corrected chi connectivity index (χ3v) is 5.33. The van der Waals surface area contributed by atoms with Crippen LogP contribution in [-0.4, -0.2) is 10.5 Å². The predicted molar refractivity (Wildman–Crippen MR) is 90.2 cm³/mol. The van der Waals surface area contributed by atoms with Crippen molar-refractivity contribution in [3.05, 3.63) is 67.9 Å². The lowest BCUT2D eigenvalue weighted by atomic mass is 10.2. The van der Waals surface area contributed by atoms with E-state index in [1.807, 2.05) is 0 Å². The number of halogens is 4. The van der Waals surface area contributed by atoms with Gasteiger partial charge in [0.1, 0.15) is 11.3 Å². The number of amides is 1. The number of alkyl halides is 3. The summed E-state index contributed by atoms with van der Waals surface area (Å²) in [7, 11) is 0. The number of pyridine rings is 1. The van der Waals surface area contributed by atoms with E-state index in [1.165, 1.54) is 11.3 Å². The second kappa shape index (κ2) is 6.20. The molecule has 0 unspecified atom stereocenters. The molecule has 0 aliphatic carbocycles. The van der Waals surface area contributed by atoms with Crippen LogP contribution in [0.25, 0.3) is 10.1 Å². The fourth-order valence-corrected chi connectivity index (χ4v) is 3.96. The highest BCUT2D eigenvalue weighted by atomic mass is 35.5. The first kappa shape index (κ1) is 17.5. The van der Waals surface area contributed by atoms with Gasteiger partial charge < -0.3 is 5.73 Å². The molecule has 0 aliphatic heterocycles. The number of rotatable bonds is 3. The number of nitrogens with two attached hydrogens (primary N) is 1. The first-order chi connectivity index (χ1) is 11.7. The minimum absolute atomic E-state index is 0.283. The van der Waals surface area contributed by atoms with Crippen molar-refractivity contribution in [2.75, 3.05) is 0 Å². The van der Waals surface area contributed by atoms with Crippen molar-refractivity contribution in [2.45, 2.75) is 12.7 Å². The molecular formula is C16H10ClF3N2O2S. The summed E-state index contributed by atoms with van der Waals surface area (Å²) in [6, 6.07) is 8.51. The second-order valence-corrected chi connectivity index (χ2v) is 6.74. The van der Waals surface area contributed by atoms with Gasteiger partial charge in [0.15, 0.2) is 0 Å². The molecule has 3 aromatic rings. The molecule has 2 N–H and O–H groups in total. The third-order valence-electron chi connectivity index (χ3n) is 3.63. The van der Waals surface area contributed by atoms with Gasteiger partial charge in [0.05, 0.1) is 11.6 Å². The Morgan fingerprint density at radius 3 is 2.48 bits per heavy atom. The van der Waals surface area contributed by atoms with Gasteiger partial charge in [-0.3, -0.25) is 14.2 Å². The van der Waals surface area contributed by atoms with E-state index in [0.29, 0.717) is 20.9 Å². The molecular weight excluding hydrogens is 377 g/mol. The number of thiophene rings is 1. The summed E-state index contributed by atoms with van der Waals surface area (Å²) in [5, 5.41) is 0.974. The van der Waals surface area contributed by atoms with Gasteiger partial charge >= 0.3 is 6.18 Å². The van der Waals surface area contributed by atoms with Crippen molar-refractivity contribution in [3.8, 4) is 0 Å². The molecule has 9 heteroatoms. The van der Waals surface area contributed by atoms with Crippen LogP contribution in [0.15, 0.2) is 41.2 Å². The quantitative estimate of drug-likeness (QED) is 0.742. The minimum Gasteiger partial charge on any atom is -0.365 e. The van der Waals surface area contributed by atoms with Crippen LogP contribution in [0.1, 0.15) is 20.9 Å². The van der Waals surface area contributed by atoms with Gasteiger partial charge in [-0.05, 0) is 18.2 Å². The van der Waals surface area contributed by atoms with Gasteiger partial charge in [0, 0.05) is 15.0 Å². The molecule has 2 heterocycles. The Morgan fingerprint density at radius 1 is 1.20 bits per heavy atom. The summed E-state index contributed by atoms with van der Waals surface area (Å²) in [6.07, 6.45) is -4.77. The number of aromatic nitrogens is 1. The van der Waals surface area contributed by atoms with Crippen LogP contribution in [0.3, 0.4) is 0 Å². The molecule has 0 fully saturated rings. The third kappa shape index (κ3) is 3.14. The lowest BCUT2D eigenvalue weighted by molar-refractivity contribution is -0.144. The first-order valence-electron chi connectivity index (χ1n) is 6.97. The Bertz CT molecular complexity index is 1040. The average molecular weight is 387 g/mol. The topological polar surface area (TPSA) is 65.1 Å². The summed E-state index contributed by atoms with van der Waals surface area (Å²) in [6.45, 7) is -0.410. The maximum absolute atomic E-state index is 13.3. The Morgan fingerprint density at radius 2 is 1.88 bits per heavy atom. The van der Waals surface area contributed by atoms with Crippen molar-refractivity contribution in [2.24, 2.45) is 5.73 Å². The Kier molecular flexibility index (Phi) is 4.34. The van der Waals surface area contributed by atoms with Crippen LogP contribution >= 0.6 is 22.9 Å². The van der Waals surface area contributed by atoms with Crippen molar-refractivity contribution in [1.82, 2.24) is 4.57 Å². The molecule has 0 saturated heterocycles. The number of nitrogens with zero attached hydrogens (tertiary/aromatic N) is 1. The SMILES string of the molecule is NC(=O)c1ccc(C(F)(F)F)n(Cc2sc3ccccc3c2Cl)c1=O. The molecule has 0 aliphatic rings. The number of carbonyl (C=O) groups excluding carboxylic acids is 1. The molecule has 0 saturated carbocycles. The van der Waals surface area contributed by atoms with Gasteiger partial charge in [-0.15, -0.1) is 11.3 Å². The van der Waals surface area contributed by atoms with Gasteiger partial charge in [-0.25, -0.2) is 0 Å². The number of hydrogen-bond donors (Lipinski definition) is 1. The number of hydrogen-bond acceptors (Lipinski definition) is 3. The Balaban J connectivity index is 2.21. The standard InChI is InChI=1S/C16H10ClF3N2O2S/c17-13-8-3-1-2-4-10(8)25-11(13)7-22-12(16(18,19)20)6-5-9(14(21)23)15(22)24/h1-6H,7H2,(H2,21,23). The molecule has 1 amide bonds. The predicted octanol–water partition coefficient (Wildman–Crippen LogP) is 3.88. The highest BCUT2D eigenvalue weighted by molar-refractivity contribution is 7.19. The monoisotopic (exact) mass is 386 g/mol. The molecule has 0 atom stereocenters. The zero-order valence-corrected chi connectivity index (χ0v) is 14.0. The van der Waals surface area contributed by atoms with Gasteiger partial charge in [-0.2, -0.15) is 13.2 Å². The number of carbonyl (C=O) groups is 1. The van der Waals surface area contributed by atoms with Gasteiger partial charge in [-0.1, -0.05) is 29.8 Å². The van der Waals surface area contributed by atoms with Gasteiger partial charge in [0.2, 0.25) is 0 Å². The molecule has 0 spiro atoms. The van der Waals surface area contributed by atoms with Crippen LogP contribution in [-0.2, 0) is 12.7 Å². The van der Waals surface area contributed by atoms with Crippen LogP contribution in [0, 0.1) is 0 Å². The molecule has 130 valence electrons. The zero-order chi connectivity index (χ0) is 18.4. The maximum atomic E-state index is 13.3. The van der Waals surface area contributed by atoms with Crippen LogP contribution < -0.4 is 11.3 Å². The Labute approximate surface area is 148 Å². The lowest BCUT2D eigenvalue weighted by Gasteiger charge is -2.15. The number of primary amides is 1. The first-order valence-corrected chi connectivity index (χ1v) is 8.16. The highest BCUT2D eigenvalue weighted by Crippen LogP contribution is 2.36. The minimum atomic E-state index is -4.77.